The Hall–Kier alpha value is -0.470. The Kier molecular flexibility index (Phi) is 4.68. The Morgan fingerprint density at radius 2 is 2.13 bits per heavy atom. The second kappa shape index (κ2) is 5.57. The summed E-state index contributed by atoms with van der Waals surface area (Å²) in [6.45, 7) is 6.10. The molecule has 0 amide bonds. The molecule has 0 aliphatic carbocycles. The molecule has 0 saturated carbocycles. The molecule has 1 rings (SSSR count). The number of Topliss-reactive ketones (excluding diaryl/α,β-unsaturated/α-hetero) is 1. The number of hydrogen-bond acceptors (Lipinski definition) is 2. The van der Waals surface area contributed by atoms with Gasteiger partial charge in [-0.3, -0.25) is 4.79 Å². The molecule has 15 heavy (non-hydrogen) atoms. The topological polar surface area (TPSA) is 17.1 Å². The van der Waals surface area contributed by atoms with Crippen molar-refractivity contribution in [1.82, 2.24) is 0 Å². The van der Waals surface area contributed by atoms with Crippen LogP contribution in [0.3, 0.4) is 0 Å². The zero-order chi connectivity index (χ0) is 11.4. The average Bonchev–Trinajstić information content (AvgIpc) is 2.18. The lowest BCUT2D eigenvalue weighted by Crippen LogP contribution is -2.05. The minimum Gasteiger partial charge on any atom is -0.293 e. The summed E-state index contributed by atoms with van der Waals surface area (Å²) in [6, 6.07) is 5.47. The molecule has 0 N–H and O–H groups in total. The third-order valence-electron chi connectivity index (χ3n) is 2.04. The number of carbonyl (C=O) groups excluding carboxylic acids is 1. The molecule has 0 aliphatic heterocycles. The van der Waals surface area contributed by atoms with Crippen molar-refractivity contribution in [3.8, 4) is 0 Å². The molecule has 0 spiro atoms. The predicted molar refractivity (Wildman–Crippen MR) is 68.1 cm³/mol. The lowest BCUT2D eigenvalue weighted by atomic mass is 10.1. The molecule has 0 aromatic heterocycles. The molecule has 0 radical (unpaired) electrons. The van der Waals surface area contributed by atoms with E-state index in [-0.39, 0.29) is 5.78 Å². The van der Waals surface area contributed by atoms with E-state index in [1.807, 2.05) is 19.1 Å². The third-order valence-corrected chi connectivity index (χ3v) is 3.54. The first-order chi connectivity index (χ1) is 7.00. The number of carbonyl (C=O) groups is 1. The molecule has 82 valence electrons. The summed E-state index contributed by atoms with van der Waals surface area (Å²) in [7, 11) is 0. The van der Waals surface area contributed by atoms with Crippen molar-refractivity contribution in [1.29, 1.82) is 0 Å². The van der Waals surface area contributed by atoms with Crippen molar-refractivity contribution in [3.05, 3.63) is 34.3 Å². The smallest absolute Gasteiger partial charge is 0.172 e. The van der Waals surface area contributed by atoms with Crippen molar-refractivity contribution in [2.75, 3.05) is 5.75 Å². The second-order valence-electron chi connectivity index (χ2n) is 3.75. The van der Waals surface area contributed by atoms with Gasteiger partial charge in [0, 0.05) is 10.6 Å². The average molecular weight is 243 g/mol. The molecule has 0 aliphatic rings. The van der Waals surface area contributed by atoms with E-state index >= 15 is 0 Å². The van der Waals surface area contributed by atoms with Crippen molar-refractivity contribution in [2.24, 2.45) is 0 Å². The Morgan fingerprint density at radius 1 is 1.47 bits per heavy atom. The van der Waals surface area contributed by atoms with Crippen LogP contribution in [0.1, 0.15) is 29.8 Å². The van der Waals surface area contributed by atoms with Gasteiger partial charge in [-0.2, -0.15) is 11.8 Å². The maximum absolute atomic E-state index is 11.7. The Morgan fingerprint density at radius 3 is 2.67 bits per heavy atom. The highest BCUT2D eigenvalue weighted by Crippen LogP contribution is 2.19. The van der Waals surface area contributed by atoms with E-state index in [0.717, 1.165) is 5.56 Å². The fraction of sp³-hybridized carbons (Fsp3) is 0.417. The number of rotatable bonds is 4. The van der Waals surface area contributed by atoms with E-state index in [9.17, 15) is 4.79 Å². The molecule has 0 unspecified atom stereocenters. The van der Waals surface area contributed by atoms with E-state index in [0.29, 0.717) is 21.6 Å². The first kappa shape index (κ1) is 12.6. The van der Waals surface area contributed by atoms with Gasteiger partial charge in [0.25, 0.3) is 0 Å². The summed E-state index contributed by atoms with van der Waals surface area (Å²) in [5, 5.41) is 1.14. The van der Waals surface area contributed by atoms with Crippen LogP contribution in [-0.2, 0) is 0 Å². The highest BCUT2D eigenvalue weighted by atomic mass is 35.5. The maximum atomic E-state index is 11.7. The van der Waals surface area contributed by atoms with Crippen LogP contribution in [0.25, 0.3) is 0 Å². The van der Waals surface area contributed by atoms with Crippen LogP contribution in [0.15, 0.2) is 18.2 Å². The zero-order valence-corrected chi connectivity index (χ0v) is 10.8. The van der Waals surface area contributed by atoms with Crippen LogP contribution < -0.4 is 0 Å². The minimum atomic E-state index is 0.149. The lowest BCUT2D eigenvalue weighted by molar-refractivity contribution is 0.102. The quantitative estimate of drug-likeness (QED) is 0.744. The number of aryl methyl sites for hydroxylation is 1. The van der Waals surface area contributed by atoms with E-state index in [2.05, 4.69) is 13.8 Å². The van der Waals surface area contributed by atoms with Gasteiger partial charge in [-0.1, -0.05) is 37.6 Å². The van der Waals surface area contributed by atoms with Crippen LogP contribution in [0.2, 0.25) is 5.02 Å². The highest BCUT2D eigenvalue weighted by Gasteiger charge is 2.08. The fourth-order valence-corrected chi connectivity index (χ4v) is 1.92. The number of hydrogen-bond donors (Lipinski definition) is 0. The van der Waals surface area contributed by atoms with E-state index in [1.54, 1.807) is 17.8 Å². The molecule has 0 fully saturated rings. The summed E-state index contributed by atoms with van der Waals surface area (Å²) in [5.41, 5.74) is 1.71. The summed E-state index contributed by atoms with van der Waals surface area (Å²) in [5.74, 6) is 0.674. The van der Waals surface area contributed by atoms with Gasteiger partial charge in [0.2, 0.25) is 0 Å². The minimum absolute atomic E-state index is 0.149. The Balaban J connectivity index is 2.70. The standard InChI is InChI=1S/C12H15ClOS/c1-8(2)15-7-12(14)10-5-4-9(3)11(13)6-10/h4-6,8H,7H2,1-3H3. The van der Waals surface area contributed by atoms with Gasteiger partial charge in [-0.25, -0.2) is 0 Å². The number of halogens is 1. The van der Waals surface area contributed by atoms with Crippen LogP contribution in [0.4, 0.5) is 0 Å². The fourth-order valence-electron chi connectivity index (χ4n) is 1.09. The molecule has 0 atom stereocenters. The van der Waals surface area contributed by atoms with Crippen molar-refractivity contribution in [2.45, 2.75) is 26.0 Å². The summed E-state index contributed by atoms with van der Waals surface area (Å²) < 4.78 is 0. The van der Waals surface area contributed by atoms with Gasteiger partial charge in [0.1, 0.15) is 0 Å². The first-order valence-corrected chi connectivity index (χ1v) is 6.34. The molecule has 1 aromatic rings. The van der Waals surface area contributed by atoms with Crippen LogP contribution in [-0.4, -0.2) is 16.8 Å². The molecular formula is C12H15ClOS. The van der Waals surface area contributed by atoms with Gasteiger partial charge in [-0.05, 0) is 23.8 Å². The molecule has 0 bridgehead atoms. The normalized spacial score (nSPS) is 10.7. The maximum Gasteiger partial charge on any atom is 0.172 e. The van der Waals surface area contributed by atoms with Crippen LogP contribution in [0, 0.1) is 6.92 Å². The zero-order valence-electron chi connectivity index (χ0n) is 9.21. The highest BCUT2D eigenvalue weighted by molar-refractivity contribution is 8.00. The largest absolute Gasteiger partial charge is 0.293 e. The first-order valence-electron chi connectivity index (χ1n) is 4.91. The van der Waals surface area contributed by atoms with Crippen molar-refractivity contribution >= 4 is 29.1 Å². The monoisotopic (exact) mass is 242 g/mol. The van der Waals surface area contributed by atoms with Gasteiger partial charge >= 0.3 is 0 Å². The van der Waals surface area contributed by atoms with Gasteiger partial charge in [-0.15, -0.1) is 0 Å². The molecule has 0 heterocycles. The van der Waals surface area contributed by atoms with Crippen molar-refractivity contribution < 1.29 is 4.79 Å². The second-order valence-corrected chi connectivity index (χ2v) is 5.72. The van der Waals surface area contributed by atoms with E-state index in [4.69, 9.17) is 11.6 Å². The van der Waals surface area contributed by atoms with Crippen LogP contribution in [0.5, 0.6) is 0 Å². The number of thioether (sulfide) groups is 1. The van der Waals surface area contributed by atoms with Crippen LogP contribution >= 0.6 is 23.4 Å². The molecular weight excluding hydrogens is 228 g/mol. The molecule has 3 heteroatoms. The molecule has 0 saturated heterocycles. The number of ketones is 1. The van der Waals surface area contributed by atoms with E-state index < -0.39 is 0 Å². The van der Waals surface area contributed by atoms with Gasteiger partial charge < -0.3 is 0 Å². The molecule has 1 aromatic carbocycles. The summed E-state index contributed by atoms with van der Waals surface area (Å²) in [6.07, 6.45) is 0. The van der Waals surface area contributed by atoms with Gasteiger partial charge in [0.05, 0.1) is 5.75 Å². The number of benzene rings is 1. The van der Waals surface area contributed by atoms with E-state index in [1.165, 1.54) is 0 Å². The lowest BCUT2D eigenvalue weighted by Gasteiger charge is -2.05. The van der Waals surface area contributed by atoms with Gasteiger partial charge in [0.15, 0.2) is 5.78 Å². The predicted octanol–water partition coefficient (Wildman–Crippen LogP) is 3.97. The Bertz CT molecular complexity index is 361. The SMILES string of the molecule is Cc1ccc(C(=O)CSC(C)C)cc1Cl. The third kappa shape index (κ3) is 3.88. The Labute approximate surface area is 100 Å². The summed E-state index contributed by atoms with van der Waals surface area (Å²) >= 11 is 7.61. The molecule has 1 nitrogen and oxygen atoms in total. The summed E-state index contributed by atoms with van der Waals surface area (Å²) in [4.78, 5) is 11.7. The van der Waals surface area contributed by atoms with Crippen molar-refractivity contribution in [3.63, 3.8) is 0 Å².